The number of hydrogen-bond acceptors (Lipinski definition) is 3. The Balaban J connectivity index is 1.78. The molecule has 0 aromatic rings. The second-order valence-electron chi connectivity index (χ2n) is 5.97. The first-order valence-corrected chi connectivity index (χ1v) is 7.28. The lowest BCUT2D eigenvalue weighted by atomic mass is 9.96. The number of hydrogen-bond donors (Lipinski definition) is 1. The van der Waals surface area contributed by atoms with Crippen LogP contribution in [0.15, 0.2) is 0 Å². The Kier molecular flexibility index (Phi) is 5.26. The highest BCUT2D eigenvalue weighted by Gasteiger charge is 2.23. The van der Waals surface area contributed by atoms with E-state index in [0.717, 1.165) is 25.0 Å². The van der Waals surface area contributed by atoms with Crippen LogP contribution in [0, 0.1) is 11.8 Å². The van der Waals surface area contributed by atoms with Crippen LogP contribution in [-0.2, 0) is 4.74 Å². The van der Waals surface area contributed by atoms with Gasteiger partial charge in [0.05, 0.1) is 6.61 Å². The Bertz CT molecular complexity index is 208. The lowest BCUT2D eigenvalue weighted by Crippen LogP contribution is -2.41. The van der Waals surface area contributed by atoms with Crippen molar-refractivity contribution in [1.82, 2.24) is 10.2 Å². The van der Waals surface area contributed by atoms with Crippen molar-refractivity contribution in [3.8, 4) is 0 Å². The summed E-state index contributed by atoms with van der Waals surface area (Å²) < 4.78 is 5.49. The van der Waals surface area contributed by atoms with Crippen LogP contribution in [0.5, 0.6) is 0 Å². The summed E-state index contributed by atoms with van der Waals surface area (Å²) >= 11 is 0. The largest absolute Gasteiger partial charge is 0.381 e. The van der Waals surface area contributed by atoms with Crippen molar-refractivity contribution in [1.29, 1.82) is 0 Å². The molecular weight excluding hydrogens is 212 g/mol. The van der Waals surface area contributed by atoms with Gasteiger partial charge in [-0.15, -0.1) is 0 Å². The van der Waals surface area contributed by atoms with E-state index in [-0.39, 0.29) is 0 Å². The minimum absolute atomic E-state index is 0.672. The molecule has 2 aliphatic rings. The SMILES string of the molecule is CC(C)N(CC1CCNCC1)CC1CCOC1. The molecule has 3 nitrogen and oxygen atoms in total. The van der Waals surface area contributed by atoms with E-state index in [1.54, 1.807) is 0 Å². The fourth-order valence-electron chi connectivity index (χ4n) is 2.95. The van der Waals surface area contributed by atoms with E-state index in [4.69, 9.17) is 4.74 Å². The first kappa shape index (κ1) is 13.3. The summed E-state index contributed by atoms with van der Waals surface area (Å²) in [5.41, 5.74) is 0. The van der Waals surface area contributed by atoms with Gasteiger partial charge in [0, 0.05) is 25.7 Å². The molecule has 17 heavy (non-hydrogen) atoms. The van der Waals surface area contributed by atoms with Crippen LogP contribution in [0.3, 0.4) is 0 Å². The van der Waals surface area contributed by atoms with Crippen LogP contribution in [0.2, 0.25) is 0 Å². The van der Waals surface area contributed by atoms with Gasteiger partial charge < -0.3 is 15.0 Å². The minimum Gasteiger partial charge on any atom is -0.381 e. The third kappa shape index (κ3) is 4.23. The number of nitrogens with one attached hydrogen (secondary N) is 1. The van der Waals surface area contributed by atoms with Crippen LogP contribution in [0.4, 0.5) is 0 Å². The predicted molar refractivity (Wildman–Crippen MR) is 71.2 cm³/mol. The molecule has 2 aliphatic heterocycles. The zero-order valence-electron chi connectivity index (χ0n) is 11.5. The molecule has 0 spiro atoms. The summed E-state index contributed by atoms with van der Waals surface area (Å²) in [7, 11) is 0. The summed E-state index contributed by atoms with van der Waals surface area (Å²) in [5, 5.41) is 3.45. The van der Waals surface area contributed by atoms with Gasteiger partial charge in [0.15, 0.2) is 0 Å². The van der Waals surface area contributed by atoms with E-state index in [1.807, 2.05) is 0 Å². The van der Waals surface area contributed by atoms with Crippen molar-refractivity contribution in [3.05, 3.63) is 0 Å². The molecule has 0 radical (unpaired) electrons. The smallest absolute Gasteiger partial charge is 0.0507 e. The topological polar surface area (TPSA) is 24.5 Å². The molecular formula is C14H28N2O. The zero-order chi connectivity index (χ0) is 12.1. The molecule has 0 aliphatic carbocycles. The number of rotatable bonds is 5. The molecule has 1 unspecified atom stereocenters. The maximum Gasteiger partial charge on any atom is 0.0507 e. The van der Waals surface area contributed by atoms with Gasteiger partial charge in [-0.2, -0.15) is 0 Å². The molecule has 100 valence electrons. The van der Waals surface area contributed by atoms with Gasteiger partial charge in [-0.25, -0.2) is 0 Å². The maximum absolute atomic E-state index is 5.49. The third-order valence-electron chi connectivity index (χ3n) is 4.20. The quantitative estimate of drug-likeness (QED) is 0.792. The van der Waals surface area contributed by atoms with Gasteiger partial charge in [-0.05, 0) is 58.0 Å². The molecule has 0 aromatic heterocycles. The maximum atomic E-state index is 5.49. The molecule has 1 N–H and O–H groups in total. The first-order valence-electron chi connectivity index (χ1n) is 7.28. The number of piperidine rings is 1. The van der Waals surface area contributed by atoms with Gasteiger partial charge in [0.25, 0.3) is 0 Å². The predicted octanol–water partition coefficient (Wildman–Crippen LogP) is 1.73. The molecule has 2 fully saturated rings. The second kappa shape index (κ2) is 6.72. The Morgan fingerprint density at radius 3 is 2.41 bits per heavy atom. The Morgan fingerprint density at radius 2 is 1.82 bits per heavy atom. The summed E-state index contributed by atoms with van der Waals surface area (Å²) in [5.74, 6) is 1.68. The molecule has 2 saturated heterocycles. The number of nitrogens with zero attached hydrogens (tertiary/aromatic N) is 1. The van der Waals surface area contributed by atoms with E-state index >= 15 is 0 Å². The van der Waals surface area contributed by atoms with Crippen LogP contribution in [-0.4, -0.2) is 50.3 Å². The average molecular weight is 240 g/mol. The molecule has 2 heterocycles. The lowest BCUT2D eigenvalue weighted by molar-refractivity contribution is 0.130. The van der Waals surface area contributed by atoms with Crippen LogP contribution >= 0.6 is 0 Å². The van der Waals surface area contributed by atoms with Gasteiger partial charge in [-0.3, -0.25) is 0 Å². The highest BCUT2D eigenvalue weighted by molar-refractivity contribution is 4.77. The standard InChI is InChI=1S/C14H28N2O/c1-12(2)16(10-14-5-8-17-11-14)9-13-3-6-15-7-4-13/h12-15H,3-11H2,1-2H3. The fraction of sp³-hybridized carbons (Fsp3) is 1.00. The fourth-order valence-corrected chi connectivity index (χ4v) is 2.95. The molecule has 0 aromatic carbocycles. The second-order valence-corrected chi connectivity index (χ2v) is 5.97. The molecule has 3 heteroatoms. The Labute approximate surface area is 106 Å². The van der Waals surface area contributed by atoms with E-state index in [2.05, 4.69) is 24.1 Å². The van der Waals surface area contributed by atoms with E-state index in [1.165, 1.54) is 45.4 Å². The summed E-state index contributed by atoms with van der Waals surface area (Å²) in [6.45, 7) is 11.6. The Morgan fingerprint density at radius 1 is 1.12 bits per heavy atom. The monoisotopic (exact) mass is 240 g/mol. The number of ether oxygens (including phenoxy) is 1. The van der Waals surface area contributed by atoms with Crippen molar-refractivity contribution in [3.63, 3.8) is 0 Å². The highest BCUT2D eigenvalue weighted by Crippen LogP contribution is 2.19. The third-order valence-corrected chi connectivity index (χ3v) is 4.20. The molecule has 0 amide bonds. The lowest BCUT2D eigenvalue weighted by Gasteiger charge is -2.34. The first-order chi connectivity index (χ1) is 8.25. The van der Waals surface area contributed by atoms with Crippen LogP contribution in [0.1, 0.15) is 33.1 Å². The van der Waals surface area contributed by atoms with Crippen molar-refractivity contribution in [2.75, 3.05) is 39.4 Å². The van der Waals surface area contributed by atoms with Gasteiger partial charge >= 0.3 is 0 Å². The van der Waals surface area contributed by atoms with E-state index in [0.29, 0.717) is 6.04 Å². The molecule has 1 atom stereocenters. The normalized spacial score (nSPS) is 27.2. The molecule has 0 saturated carbocycles. The van der Waals surface area contributed by atoms with Crippen molar-refractivity contribution < 1.29 is 4.74 Å². The van der Waals surface area contributed by atoms with Crippen LogP contribution < -0.4 is 5.32 Å². The van der Waals surface area contributed by atoms with Gasteiger partial charge in [0.1, 0.15) is 0 Å². The minimum atomic E-state index is 0.672. The summed E-state index contributed by atoms with van der Waals surface area (Å²) in [4.78, 5) is 2.68. The van der Waals surface area contributed by atoms with E-state index in [9.17, 15) is 0 Å². The van der Waals surface area contributed by atoms with Crippen molar-refractivity contribution in [2.45, 2.75) is 39.2 Å². The van der Waals surface area contributed by atoms with Crippen LogP contribution in [0.25, 0.3) is 0 Å². The summed E-state index contributed by atoms with van der Waals surface area (Å²) in [6, 6.07) is 0.672. The molecule has 0 bridgehead atoms. The van der Waals surface area contributed by atoms with Gasteiger partial charge in [0.2, 0.25) is 0 Å². The Hall–Kier alpha value is -0.120. The van der Waals surface area contributed by atoms with Gasteiger partial charge in [-0.1, -0.05) is 0 Å². The average Bonchev–Trinajstić information content (AvgIpc) is 2.82. The summed E-state index contributed by atoms with van der Waals surface area (Å²) in [6.07, 6.45) is 3.96. The zero-order valence-corrected chi connectivity index (χ0v) is 11.5. The van der Waals surface area contributed by atoms with E-state index < -0.39 is 0 Å². The van der Waals surface area contributed by atoms with Crippen molar-refractivity contribution >= 4 is 0 Å². The molecule has 2 rings (SSSR count). The van der Waals surface area contributed by atoms with Crippen molar-refractivity contribution in [2.24, 2.45) is 11.8 Å². The highest BCUT2D eigenvalue weighted by atomic mass is 16.5.